The summed E-state index contributed by atoms with van der Waals surface area (Å²) in [6.07, 6.45) is 2.38. The zero-order valence-electron chi connectivity index (χ0n) is 12.6. The molecule has 0 bridgehead atoms. The maximum Gasteiger partial charge on any atom is 0.244 e. The third-order valence-corrected chi connectivity index (χ3v) is 5.86. The van der Waals surface area contributed by atoms with Gasteiger partial charge in [-0.2, -0.15) is 4.31 Å². The maximum absolute atomic E-state index is 12.8. The van der Waals surface area contributed by atoms with Gasteiger partial charge in [-0.1, -0.05) is 26.0 Å². The van der Waals surface area contributed by atoms with E-state index >= 15 is 0 Å². The van der Waals surface area contributed by atoms with Crippen molar-refractivity contribution in [2.24, 2.45) is 0 Å². The van der Waals surface area contributed by atoms with Gasteiger partial charge >= 0.3 is 0 Å². The van der Waals surface area contributed by atoms with Crippen molar-refractivity contribution in [2.75, 3.05) is 19.6 Å². The molecule has 0 radical (unpaired) electrons. The molecule has 0 aromatic heterocycles. The Labute approximate surface area is 136 Å². The predicted molar refractivity (Wildman–Crippen MR) is 90.8 cm³/mol. The van der Waals surface area contributed by atoms with Crippen molar-refractivity contribution in [1.29, 1.82) is 0 Å². The fourth-order valence-corrected chi connectivity index (χ4v) is 4.44. The van der Waals surface area contributed by atoms with Crippen LogP contribution in [0.25, 0.3) is 0 Å². The van der Waals surface area contributed by atoms with E-state index in [4.69, 9.17) is 0 Å². The lowest BCUT2D eigenvalue weighted by molar-refractivity contribution is 0.441. The Hall–Kier alpha value is -0.690. The molecule has 0 saturated carbocycles. The Bertz CT molecular complexity index is 573. The molecule has 0 unspecified atom stereocenters. The van der Waals surface area contributed by atoms with Crippen LogP contribution in [-0.4, -0.2) is 32.4 Å². The number of nitrogens with zero attached hydrogens (tertiary/aromatic N) is 1. The number of nitrogens with one attached hydrogen (secondary N) is 1. The van der Waals surface area contributed by atoms with Gasteiger partial charge in [-0.05, 0) is 46.6 Å². The highest BCUT2D eigenvalue weighted by atomic mass is 79.9. The van der Waals surface area contributed by atoms with Crippen LogP contribution in [0.15, 0.2) is 40.2 Å². The van der Waals surface area contributed by atoms with Crippen LogP contribution in [0.4, 0.5) is 0 Å². The van der Waals surface area contributed by atoms with E-state index in [9.17, 15) is 8.42 Å². The first-order chi connectivity index (χ1) is 9.97. The zero-order valence-corrected chi connectivity index (χ0v) is 15.0. The Balaban J connectivity index is 3.18. The number of halogens is 1. The number of hydrogen-bond acceptors (Lipinski definition) is 3. The topological polar surface area (TPSA) is 49.4 Å². The molecular formula is C15H23BrN2O2S. The Morgan fingerprint density at radius 1 is 1.38 bits per heavy atom. The number of hydrogen-bond donors (Lipinski definition) is 1. The average Bonchev–Trinajstić information content (AvgIpc) is 2.46. The predicted octanol–water partition coefficient (Wildman–Crippen LogP) is 3.15. The highest BCUT2D eigenvalue weighted by Gasteiger charge is 2.25. The Morgan fingerprint density at radius 3 is 2.67 bits per heavy atom. The van der Waals surface area contributed by atoms with Gasteiger partial charge in [0, 0.05) is 24.1 Å². The lowest BCUT2D eigenvalue weighted by atomic mass is 10.2. The second kappa shape index (κ2) is 8.68. The van der Waals surface area contributed by atoms with Crippen molar-refractivity contribution < 1.29 is 8.42 Å². The third-order valence-electron chi connectivity index (χ3n) is 3.00. The smallest absolute Gasteiger partial charge is 0.244 e. The van der Waals surface area contributed by atoms with Crippen LogP contribution in [0.5, 0.6) is 0 Å². The molecule has 0 spiro atoms. The van der Waals surface area contributed by atoms with E-state index in [0.717, 1.165) is 18.5 Å². The first kappa shape index (κ1) is 18.4. The van der Waals surface area contributed by atoms with Crippen molar-refractivity contribution in [1.82, 2.24) is 9.62 Å². The quantitative estimate of drug-likeness (QED) is 0.675. The van der Waals surface area contributed by atoms with Gasteiger partial charge in [0.15, 0.2) is 0 Å². The molecule has 4 nitrogen and oxygen atoms in total. The molecule has 0 fully saturated rings. The number of rotatable bonds is 9. The molecule has 21 heavy (non-hydrogen) atoms. The van der Waals surface area contributed by atoms with E-state index < -0.39 is 10.0 Å². The van der Waals surface area contributed by atoms with Crippen LogP contribution in [0.1, 0.15) is 25.8 Å². The molecule has 0 saturated heterocycles. The van der Waals surface area contributed by atoms with Gasteiger partial charge in [0.2, 0.25) is 10.0 Å². The second-order valence-electron chi connectivity index (χ2n) is 4.70. The zero-order chi connectivity index (χ0) is 15.9. The lowest BCUT2D eigenvalue weighted by Gasteiger charge is -2.21. The molecule has 1 rings (SSSR count). The Morgan fingerprint density at radius 2 is 2.10 bits per heavy atom. The van der Waals surface area contributed by atoms with Crippen LogP contribution in [0, 0.1) is 0 Å². The van der Waals surface area contributed by atoms with E-state index in [-0.39, 0.29) is 0 Å². The molecule has 1 aromatic rings. The van der Waals surface area contributed by atoms with Crippen molar-refractivity contribution >= 4 is 26.0 Å². The highest BCUT2D eigenvalue weighted by Crippen LogP contribution is 2.26. The van der Waals surface area contributed by atoms with Gasteiger partial charge < -0.3 is 5.32 Å². The summed E-state index contributed by atoms with van der Waals surface area (Å²) < 4.78 is 27.6. The molecular weight excluding hydrogens is 352 g/mol. The van der Waals surface area contributed by atoms with Crippen molar-refractivity contribution in [2.45, 2.75) is 31.7 Å². The molecule has 0 atom stereocenters. The summed E-state index contributed by atoms with van der Waals surface area (Å²) in [5, 5.41) is 3.20. The summed E-state index contributed by atoms with van der Waals surface area (Å²) >= 11 is 3.35. The van der Waals surface area contributed by atoms with Crippen molar-refractivity contribution in [3.8, 4) is 0 Å². The maximum atomic E-state index is 12.8. The summed E-state index contributed by atoms with van der Waals surface area (Å²) in [7, 11) is -3.52. The van der Waals surface area contributed by atoms with Gasteiger partial charge in [-0.25, -0.2) is 8.42 Å². The fraction of sp³-hybridized carbons (Fsp3) is 0.467. The van der Waals surface area contributed by atoms with Gasteiger partial charge in [-0.3, -0.25) is 0 Å². The van der Waals surface area contributed by atoms with Crippen LogP contribution >= 0.6 is 15.9 Å². The van der Waals surface area contributed by atoms with E-state index in [1.54, 1.807) is 18.2 Å². The van der Waals surface area contributed by atoms with Crippen LogP contribution in [0.2, 0.25) is 0 Å². The number of benzene rings is 1. The summed E-state index contributed by atoms with van der Waals surface area (Å²) in [6, 6.07) is 5.44. The van der Waals surface area contributed by atoms with Gasteiger partial charge in [0.25, 0.3) is 0 Å². The van der Waals surface area contributed by atoms with Gasteiger partial charge in [0.1, 0.15) is 0 Å². The van der Waals surface area contributed by atoms with Crippen LogP contribution < -0.4 is 5.32 Å². The molecule has 0 aliphatic carbocycles. The minimum atomic E-state index is -3.52. The molecule has 1 N–H and O–H groups in total. The minimum Gasteiger partial charge on any atom is -0.313 e. The van der Waals surface area contributed by atoms with E-state index in [1.165, 1.54) is 4.31 Å². The van der Waals surface area contributed by atoms with E-state index in [1.807, 2.05) is 19.9 Å². The van der Waals surface area contributed by atoms with E-state index in [2.05, 4.69) is 27.8 Å². The van der Waals surface area contributed by atoms with Crippen molar-refractivity contribution in [3.05, 3.63) is 40.9 Å². The van der Waals surface area contributed by atoms with E-state index in [0.29, 0.717) is 29.0 Å². The number of sulfonamides is 1. The molecule has 6 heteroatoms. The molecule has 0 heterocycles. The Kier molecular flexibility index (Phi) is 7.59. The van der Waals surface area contributed by atoms with Gasteiger partial charge in [0.05, 0.1) is 4.90 Å². The molecule has 0 aliphatic heterocycles. The average molecular weight is 375 g/mol. The van der Waals surface area contributed by atoms with Crippen molar-refractivity contribution in [3.63, 3.8) is 0 Å². The molecule has 1 aromatic carbocycles. The standard InChI is InChI=1S/C15H23BrN2O2S/c1-4-9-18(10-5-2)21(19,20)15-11-13(12-17-6-3)7-8-14(15)16/h4,7-8,11,17H,1,5-6,9-10,12H2,2-3H3. The highest BCUT2D eigenvalue weighted by molar-refractivity contribution is 9.10. The fourth-order valence-electron chi connectivity index (χ4n) is 1.97. The lowest BCUT2D eigenvalue weighted by Crippen LogP contribution is -2.32. The second-order valence-corrected chi connectivity index (χ2v) is 7.46. The summed E-state index contributed by atoms with van der Waals surface area (Å²) in [5.74, 6) is 0. The minimum absolute atomic E-state index is 0.313. The summed E-state index contributed by atoms with van der Waals surface area (Å²) in [6.45, 7) is 9.92. The first-order valence-electron chi connectivity index (χ1n) is 7.07. The monoisotopic (exact) mass is 374 g/mol. The van der Waals surface area contributed by atoms with Crippen LogP contribution in [-0.2, 0) is 16.6 Å². The molecule has 118 valence electrons. The largest absolute Gasteiger partial charge is 0.313 e. The third kappa shape index (κ3) is 4.92. The molecule has 0 amide bonds. The normalized spacial score (nSPS) is 11.8. The summed E-state index contributed by atoms with van der Waals surface area (Å²) in [4.78, 5) is 0.313. The first-order valence-corrected chi connectivity index (χ1v) is 9.30. The van der Waals surface area contributed by atoms with Gasteiger partial charge in [-0.15, -0.1) is 6.58 Å². The molecule has 0 aliphatic rings. The van der Waals surface area contributed by atoms with Crippen LogP contribution in [0.3, 0.4) is 0 Å². The SMILES string of the molecule is C=CCN(CCC)S(=O)(=O)c1cc(CNCC)ccc1Br. The summed E-state index contributed by atoms with van der Waals surface area (Å²) in [5.41, 5.74) is 0.952.